The maximum atomic E-state index is 14.1. The fourth-order valence-electron chi connectivity index (χ4n) is 3.89. The smallest absolute Gasteiger partial charge is 0.320 e. The van der Waals surface area contributed by atoms with E-state index < -0.39 is 40.8 Å². The SMILES string of the molecule is Cc1ccc(N2CCCN(Cc3ccc(F)cc3F)C2=O)c(NC(=O)c2c(F)cccc2F)c1. The highest BCUT2D eigenvalue weighted by Gasteiger charge is 2.30. The number of hydrogen-bond acceptors (Lipinski definition) is 2. The molecule has 5 nitrogen and oxygen atoms in total. The number of nitrogens with zero attached hydrogens (tertiary/aromatic N) is 2. The van der Waals surface area contributed by atoms with Crippen LogP contribution in [-0.2, 0) is 6.54 Å². The van der Waals surface area contributed by atoms with Gasteiger partial charge in [-0.1, -0.05) is 18.2 Å². The monoisotopic (exact) mass is 471 g/mol. The lowest BCUT2D eigenvalue weighted by atomic mass is 10.1. The van der Waals surface area contributed by atoms with Gasteiger partial charge in [0.2, 0.25) is 0 Å². The molecule has 1 aliphatic heterocycles. The van der Waals surface area contributed by atoms with Gasteiger partial charge < -0.3 is 10.2 Å². The van der Waals surface area contributed by atoms with Crippen molar-refractivity contribution in [2.45, 2.75) is 19.9 Å². The van der Waals surface area contributed by atoms with Crippen molar-refractivity contribution >= 4 is 23.3 Å². The second kappa shape index (κ2) is 9.54. The lowest BCUT2D eigenvalue weighted by Crippen LogP contribution is -2.49. The fraction of sp³-hybridized carbons (Fsp3) is 0.200. The molecule has 0 spiro atoms. The predicted molar refractivity (Wildman–Crippen MR) is 120 cm³/mol. The number of urea groups is 1. The summed E-state index contributed by atoms with van der Waals surface area (Å²) in [6, 6.07) is 10.8. The minimum Gasteiger partial charge on any atom is -0.320 e. The van der Waals surface area contributed by atoms with Crippen molar-refractivity contribution in [2.75, 3.05) is 23.3 Å². The lowest BCUT2D eigenvalue weighted by molar-refractivity contribution is 0.101. The van der Waals surface area contributed by atoms with Gasteiger partial charge in [-0.3, -0.25) is 9.69 Å². The van der Waals surface area contributed by atoms with E-state index in [0.717, 1.165) is 35.9 Å². The molecule has 0 bridgehead atoms. The number of anilines is 2. The number of carbonyl (C=O) groups excluding carboxylic acids is 2. The van der Waals surface area contributed by atoms with E-state index in [2.05, 4.69) is 5.32 Å². The number of halogens is 4. The first-order valence-electron chi connectivity index (χ1n) is 10.6. The summed E-state index contributed by atoms with van der Waals surface area (Å²) in [6.45, 7) is 2.39. The quantitative estimate of drug-likeness (QED) is 0.490. The van der Waals surface area contributed by atoms with Crippen molar-refractivity contribution in [1.82, 2.24) is 4.90 Å². The first-order chi connectivity index (χ1) is 16.2. The molecule has 3 aromatic carbocycles. The van der Waals surface area contributed by atoms with Crippen LogP contribution >= 0.6 is 0 Å². The molecule has 0 atom stereocenters. The molecule has 0 aliphatic carbocycles. The molecule has 1 heterocycles. The largest absolute Gasteiger partial charge is 0.324 e. The topological polar surface area (TPSA) is 52.6 Å². The number of benzene rings is 3. The molecular formula is C25H21F4N3O2. The van der Waals surface area contributed by atoms with Gasteiger partial charge in [-0.15, -0.1) is 0 Å². The summed E-state index contributed by atoms with van der Waals surface area (Å²) in [4.78, 5) is 28.7. The fourth-order valence-corrected chi connectivity index (χ4v) is 3.89. The molecule has 1 N–H and O–H groups in total. The minimum absolute atomic E-state index is 0.0601. The van der Waals surface area contributed by atoms with Crippen LogP contribution < -0.4 is 10.2 Å². The third-order valence-corrected chi connectivity index (χ3v) is 5.57. The second-order valence-corrected chi connectivity index (χ2v) is 8.02. The molecule has 3 amide bonds. The third-order valence-electron chi connectivity index (χ3n) is 5.57. The Balaban J connectivity index is 1.61. The Morgan fingerprint density at radius 3 is 2.38 bits per heavy atom. The number of aryl methyl sites for hydroxylation is 1. The van der Waals surface area contributed by atoms with Crippen LogP contribution in [0.25, 0.3) is 0 Å². The van der Waals surface area contributed by atoms with E-state index in [-0.39, 0.29) is 17.8 Å². The number of amides is 3. The summed E-state index contributed by atoms with van der Waals surface area (Å²) in [5.41, 5.74) is 0.737. The molecule has 4 rings (SSSR count). The molecule has 34 heavy (non-hydrogen) atoms. The minimum atomic E-state index is -1.01. The van der Waals surface area contributed by atoms with Crippen LogP contribution in [0.1, 0.15) is 27.9 Å². The van der Waals surface area contributed by atoms with E-state index >= 15 is 0 Å². The average molecular weight is 471 g/mol. The maximum absolute atomic E-state index is 14.1. The van der Waals surface area contributed by atoms with Gasteiger partial charge in [0, 0.05) is 24.7 Å². The van der Waals surface area contributed by atoms with Crippen LogP contribution in [0.5, 0.6) is 0 Å². The zero-order valence-corrected chi connectivity index (χ0v) is 18.2. The summed E-state index contributed by atoms with van der Waals surface area (Å²) in [5.74, 6) is -4.46. The zero-order chi connectivity index (χ0) is 24.4. The van der Waals surface area contributed by atoms with Crippen LogP contribution in [0, 0.1) is 30.2 Å². The predicted octanol–water partition coefficient (Wildman–Crippen LogP) is 5.64. The van der Waals surface area contributed by atoms with Crippen LogP contribution in [0.4, 0.5) is 33.7 Å². The summed E-state index contributed by atoms with van der Waals surface area (Å²) in [6.07, 6.45) is 0.553. The Bertz CT molecular complexity index is 1240. The molecule has 9 heteroatoms. The lowest BCUT2D eigenvalue weighted by Gasteiger charge is -2.36. The Kier molecular flexibility index (Phi) is 6.54. The molecule has 0 unspecified atom stereocenters. The van der Waals surface area contributed by atoms with Crippen molar-refractivity contribution < 1.29 is 27.2 Å². The average Bonchev–Trinajstić information content (AvgIpc) is 2.77. The van der Waals surface area contributed by atoms with Gasteiger partial charge >= 0.3 is 6.03 Å². The van der Waals surface area contributed by atoms with Crippen molar-refractivity contribution in [3.05, 3.63) is 94.6 Å². The number of hydrogen-bond donors (Lipinski definition) is 1. The molecule has 3 aromatic rings. The van der Waals surface area contributed by atoms with Crippen LogP contribution in [0.2, 0.25) is 0 Å². The highest BCUT2D eigenvalue weighted by Crippen LogP contribution is 2.31. The van der Waals surface area contributed by atoms with E-state index in [0.29, 0.717) is 25.2 Å². The van der Waals surface area contributed by atoms with E-state index in [1.807, 2.05) is 0 Å². The van der Waals surface area contributed by atoms with Gasteiger partial charge in [0.1, 0.15) is 28.8 Å². The maximum Gasteiger partial charge on any atom is 0.324 e. The summed E-state index contributed by atoms with van der Waals surface area (Å²) in [7, 11) is 0. The van der Waals surface area contributed by atoms with Gasteiger partial charge in [0.05, 0.1) is 17.9 Å². The van der Waals surface area contributed by atoms with Crippen molar-refractivity contribution in [1.29, 1.82) is 0 Å². The molecule has 0 saturated carbocycles. The van der Waals surface area contributed by atoms with E-state index in [1.165, 1.54) is 15.9 Å². The van der Waals surface area contributed by atoms with Crippen LogP contribution in [0.3, 0.4) is 0 Å². The molecule has 1 saturated heterocycles. The third kappa shape index (κ3) is 4.73. The summed E-state index contributed by atoms with van der Waals surface area (Å²) >= 11 is 0. The highest BCUT2D eigenvalue weighted by molar-refractivity contribution is 6.08. The molecule has 1 fully saturated rings. The second-order valence-electron chi connectivity index (χ2n) is 8.02. The Labute approximate surface area is 193 Å². The van der Waals surface area contributed by atoms with Crippen LogP contribution in [0.15, 0.2) is 54.6 Å². The molecule has 0 radical (unpaired) electrons. The Hall–Kier alpha value is -3.88. The number of rotatable bonds is 5. The Morgan fingerprint density at radius 1 is 0.941 bits per heavy atom. The normalized spacial score (nSPS) is 13.9. The summed E-state index contributed by atoms with van der Waals surface area (Å²) in [5, 5.41) is 2.51. The van der Waals surface area contributed by atoms with Gasteiger partial charge in [-0.25, -0.2) is 22.4 Å². The van der Waals surface area contributed by atoms with E-state index in [4.69, 9.17) is 0 Å². The summed E-state index contributed by atoms with van der Waals surface area (Å²) < 4.78 is 55.5. The van der Waals surface area contributed by atoms with Crippen molar-refractivity contribution in [2.24, 2.45) is 0 Å². The van der Waals surface area contributed by atoms with E-state index in [1.54, 1.807) is 25.1 Å². The molecular weight excluding hydrogens is 450 g/mol. The first kappa shape index (κ1) is 23.3. The van der Waals surface area contributed by atoms with Gasteiger partial charge in [0.15, 0.2) is 0 Å². The Morgan fingerprint density at radius 2 is 1.68 bits per heavy atom. The first-order valence-corrected chi connectivity index (χ1v) is 10.6. The van der Waals surface area contributed by atoms with Crippen molar-refractivity contribution in [3.8, 4) is 0 Å². The van der Waals surface area contributed by atoms with E-state index in [9.17, 15) is 27.2 Å². The molecule has 0 aromatic heterocycles. The van der Waals surface area contributed by atoms with Crippen LogP contribution in [-0.4, -0.2) is 29.9 Å². The zero-order valence-electron chi connectivity index (χ0n) is 18.2. The number of nitrogens with one attached hydrogen (secondary N) is 1. The highest BCUT2D eigenvalue weighted by atomic mass is 19.1. The van der Waals surface area contributed by atoms with Gasteiger partial charge in [-0.2, -0.15) is 0 Å². The molecule has 1 aliphatic rings. The van der Waals surface area contributed by atoms with Gasteiger partial charge in [-0.05, 0) is 49.2 Å². The van der Waals surface area contributed by atoms with Crippen molar-refractivity contribution in [3.63, 3.8) is 0 Å². The van der Waals surface area contributed by atoms with Gasteiger partial charge in [0.25, 0.3) is 5.91 Å². The molecule has 176 valence electrons. The standard InChI is InChI=1S/C25H21F4N3O2/c1-15-6-9-22(21(12-15)30-24(33)23-18(27)4-2-5-19(23)28)32-11-3-10-31(25(32)34)14-16-7-8-17(26)13-20(16)29/h2,4-9,12-13H,3,10-11,14H2,1H3,(H,30,33). The number of carbonyl (C=O) groups is 2.